The third-order valence-corrected chi connectivity index (χ3v) is 3.17. The van der Waals surface area contributed by atoms with Gasteiger partial charge in [-0.1, -0.05) is 28.1 Å². The molecule has 0 fully saturated rings. The average Bonchev–Trinajstić information content (AvgIpc) is 2.74. The summed E-state index contributed by atoms with van der Waals surface area (Å²) < 4.78 is 8.15. The molecule has 1 N–H and O–H groups in total. The van der Waals surface area contributed by atoms with Crippen LogP contribution >= 0.6 is 15.9 Å². The highest BCUT2D eigenvalue weighted by Crippen LogP contribution is 2.20. The first-order chi connectivity index (χ1) is 8.69. The monoisotopic (exact) mass is 310 g/mol. The van der Waals surface area contributed by atoms with Crippen molar-refractivity contribution in [2.24, 2.45) is 7.05 Å². The van der Waals surface area contributed by atoms with Gasteiger partial charge in [0.15, 0.2) is 0 Å². The molecule has 0 saturated carbocycles. The molecule has 1 aromatic carbocycles. The Morgan fingerprint density at radius 3 is 2.89 bits per heavy atom. The second kappa shape index (κ2) is 5.97. The van der Waals surface area contributed by atoms with Crippen molar-refractivity contribution in [1.82, 2.24) is 20.1 Å². The summed E-state index contributed by atoms with van der Waals surface area (Å²) in [5.74, 6) is 0. The van der Waals surface area contributed by atoms with Gasteiger partial charge in [0, 0.05) is 23.6 Å². The Hall–Kier alpha value is -1.40. The molecule has 1 aromatic heterocycles. The van der Waals surface area contributed by atoms with Gasteiger partial charge in [0.05, 0.1) is 0 Å². The Labute approximate surface area is 114 Å². The minimum absolute atomic E-state index is 0.392. The van der Waals surface area contributed by atoms with Crippen LogP contribution in [0.3, 0.4) is 0 Å². The maximum atomic E-state index is 5.50. The van der Waals surface area contributed by atoms with Crippen molar-refractivity contribution in [2.75, 3.05) is 7.05 Å². The molecule has 6 heteroatoms. The molecule has 0 aliphatic heterocycles. The summed E-state index contributed by atoms with van der Waals surface area (Å²) >= 11 is 3.54. The zero-order valence-corrected chi connectivity index (χ0v) is 11.9. The van der Waals surface area contributed by atoms with Gasteiger partial charge in [-0.05, 0) is 18.7 Å². The van der Waals surface area contributed by atoms with Gasteiger partial charge >= 0.3 is 6.01 Å². The van der Waals surface area contributed by atoms with Crippen LogP contribution in [0.2, 0.25) is 0 Å². The lowest BCUT2D eigenvalue weighted by Crippen LogP contribution is -2.05. The van der Waals surface area contributed by atoms with Gasteiger partial charge in [-0.2, -0.15) is 4.98 Å². The molecule has 0 atom stereocenters. The summed E-state index contributed by atoms with van der Waals surface area (Å²) in [5, 5.41) is 7.18. The number of rotatable bonds is 5. The van der Waals surface area contributed by atoms with Crippen LogP contribution in [0.4, 0.5) is 0 Å². The van der Waals surface area contributed by atoms with Crippen molar-refractivity contribution in [3.8, 4) is 6.01 Å². The number of aryl methyl sites for hydroxylation is 1. The maximum absolute atomic E-state index is 5.50. The minimum atomic E-state index is 0.392. The molecule has 0 unspecified atom stereocenters. The van der Waals surface area contributed by atoms with Gasteiger partial charge in [0.2, 0.25) is 0 Å². The molecule has 0 saturated heterocycles. The zero-order valence-electron chi connectivity index (χ0n) is 10.4. The van der Waals surface area contributed by atoms with E-state index in [2.05, 4.69) is 43.5 Å². The number of hydrogen-bond acceptors (Lipinski definition) is 4. The number of benzene rings is 1. The first-order valence-corrected chi connectivity index (χ1v) is 6.38. The lowest BCUT2D eigenvalue weighted by Gasteiger charge is -2.07. The molecular weight excluding hydrogens is 296 g/mol. The highest BCUT2D eigenvalue weighted by molar-refractivity contribution is 9.10. The van der Waals surface area contributed by atoms with Crippen LogP contribution in [0.5, 0.6) is 6.01 Å². The van der Waals surface area contributed by atoms with Crippen LogP contribution in [0.15, 0.2) is 29.0 Å². The second-order valence-electron chi connectivity index (χ2n) is 3.95. The summed E-state index contributed by atoms with van der Waals surface area (Å²) in [5.41, 5.74) is 2.30. The maximum Gasteiger partial charge on any atom is 0.335 e. The van der Waals surface area contributed by atoms with E-state index < -0.39 is 0 Å². The lowest BCUT2D eigenvalue weighted by molar-refractivity contribution is 0.279. The highest BCUT2D eigenvalue weighted by atomic mass is 79.9. The van der Waals surface area contributed by atoms with E-state index in [9.17, 15) is 0 Å². The number of aromatic nitrogens is 3. The third kappa shape index (κ3) is 3.30. The Morgan fingerprint density at radius 1 is 1.44 bits per heavy atom. The average molecular weight is 311 g/mol. The quantitative estimate of drug-likeness (QED) is 0.916. The van der Waals surface area contributed by atoms with Crippen LogP contribution in [-0.4, -0.2) is 21.8 Å². The van der Waals surface area contributed by atoms with E-state index in [4.69, 9.17) is 4.74 Å². The van der Waals surface area contributed by atoms with Gasteiger partial charge in [-0.15, -0.1) is 5.10 Å². The lowest BCUT2D eigenvalue weighted by atomic mass is 10.1. The highest BCUT2D eigenvalue weighted by Gasteiger charge is 2.04. The molecule has 0 radical (unpaired) electrons. The molecule has 1 heterocycles. The first kappa shape index (κ1) is 13.0. The number of ether oxygens (including phenoxy) is 1. The molecule has 0 spiro atoms. The predicted octanol–water partition coefficient (Wildman–Crippen LogP) is 1.88. The van der Waals surface area contributed by atoms with Crippen molar-refractivity contribution < 1.29 is 4.74 Å². The van der Waals surface area contributed by atoms with Crippen LogP contribution in [0.1, 0.15) is 11.1 Å². The standard InChI is InChI=1S/C12H15BrN4O/c1-14-6-9-3-4-10(11(13)5-9)7-18-12-15-8-17(2)16-12/h3-5,8,14H,6-7H2,1-2H3. The zero-order chi connectivity index (χ0) is 13.0. The van der Waals surface area contributed by atoms with Crippen LogP contribution in [-0.2, 0) is 20.2 Å². The number of halogens is 1. The summed E-state index contributed by atoms with van der Waals surface area (Å²) in [6, 6.07) is 6.59. The fourth-order valence-electron chi connectivity index (χ4n) is 1.55. The largest absolute Gasteiger partial charge is 0.457 e. The molecule has 0 bridgehead atoms. The molecule has 0 aliphatic rings. The first-order valence-electron chi connectivity index (χ1n) is 5.59. The van der Waals surface area contributed by atoms with Crippen molar-refractivity contribution >= 4 is 15.9 Å². The molecule has 2 rings (SSSR count). The van der Waals surface area contributed by atoms with Gasteiger partial charge in [0.25, 0.3) is 0 Å². The minimum Gasteiger partial charge on any atom is -0.457 e. The van der Waals surface area contributed by atoms with Gasteiger partial charge in [-0.3, -0.25) is 4.68 Å². The van der Waals surface area contributed by atoms with Gasteiger partial charge < -0.3 is 10.1 Å². The van der Waals surface area contributed by atoms with E-state index in [1.807, 2.05) is 20.2 Å². The van der Waals surface area contributed by atoms with Gasteiger partial charge in [0.1, 0.15) is 12.9 Å². The molecule has 18 heavy (non-hydrogen) atoms. The van der Waals surface area contributed by atoms with E-state index in [1.54, 1.807) is 11.0 Å². The van der Waals surface area contributed by atoms with E-state index in [0.717, 1.165) is 16.6 Å². The number of hydrogen-bond donors (Lipinski definition) is 1. The van der Waals surface area contributed by atoms with Crippen LogP contribution in [0.25, 0.3) is 0 Å². The number of nitrogens with zero attached hydrogens (tertiary/aromatic N) is 3. The van der Waals surface area contributed by atoms with E-state index in [0.29, 0.717) is 12.6 Å². The fourth-order valence-corrected chi connectivity index (χ4v) is 2.09. The van der Waals surface area contributed by atoms with E-state index >= 15 is 0 Å². The van der Waals surface area contributed by atoms with E-state index in [-0.39, 0.29) is 0 Å². The fraction of sp³-hybridized carbons (Fsp3) is 0.333. The van der Waals surface area contributed by atoms with Crippen LogP contribution < -0.4 is 10.1 Å². The predicted molar refractivity (Wildman–Crippen MR) is 72.2 cm³/mol. The number of nitrogens with one attached hydrogen (secondary N) is 1. The smallest absolute Gasteiger partial charge is 0.335 e. The van der Waals surface area contributed by atoms with Crippen molar-refractivity contribution in [3.05, 3.63) is 40.1 Å². The SMILES string of the molecule is CNCc1ccc(COc2ncn(C)n2)c(Br)c1. The van der Waals surface area contributed by atoms with Gasteiger partial charge in [-0.25, -0.2) is 0 Å². The summed E-state index contributed by atoms with van der Waals surface area (Å²) in [7, 11) is 3.74. The second-order valence-corrected chi connectivity index (χ2v) is 4.80. The summed E-state index contributed by atoms with van der Waals surface area (Å²) in [4.78, 5) is 4.01. The van der Waals surface area contributed by atoms with Crippen molar-refractivity contribution in [3.63, 3.8) is 0 Å². The summed E-state index contributed by atoms with van der Waals surface area (Å²) in [6.07, 6.45) is 1.61. The molecular formula is C12H15BrN4O. The Bertz CT molecular complexity index is 527. The Morgan fingerprint density at radius 2 is 2.28 bits per heavy atom. The molecule has 0 aliphatic carbocycles. The Kier molecular flexibility index (Phi) is 4.33. The van der Waals surface area contributed by atoms with E-state index in [1.165, 1.54) is 5.56 Å². The molecule has 2 aromatic rings. The normalized spacial score (nSPS) is 10.6. The summed E-state index contributed by atoms with van der Waals surface area (Å²) in [6.45, 7) is 1.30. The Balaban J connectivity index is 2.01. The topological polar surface area (TPSA) is 52.0 Å². The molecule has 0 amide bonds. The molecule has 96 valence electrons. The van der Waals surface area contributed by atoms with Crippen LogP contribution in [0, 0.1) is 0 Å². The molecule has 5 nitrogen and oxygen atoms in total. The third-order valence-electron chi connectivity index (χ3n) is 2.43. The van der Waals surface area contributed by atoms with Crippen molar-refractivity contribution in [1.29, 1.82) is 0 Å². The van der Waals surface area contributed by atoms with Crippen molar-refractivity contribution in [2.45, 2.75) is 13.2 Å².